The van der Waals surface area contributed by atoms with Crippen molar-refractivity contribution in [1.29, 1.82) is 0 Å². The summed E-state index contributed by atoms with van der Waals surface area (Å²) in [5.41, 5.74) is 5.42. The Bertz CT molecular complexity index is 286. The molecule has 1 aromatic rings. The van der Waals surface area contributed by atoms with Crippen LogP contribution in [0.1, 0.15) is 6.42 Å². The summed E-state index contributed by atoms with van der Waals surface area (Å²) in [6.07, 6.45) is 1.16. The first-order valence-electron chi connectivity index (χ1n) is 4.28. The van der Waals surface area contributed by atoms with Crippen molar-refractivity contribution in [3.8, 4) is 0 Å². The molecule has 2 heterocycles. The van der Waals surface area contributed by atoms with Crippen LogP contribution in [0.5, 0.6) is 0 Å². The highest BCUT2D eigenvalue weighted by molar-refractivity contribution is 7.09. The van der Waals surface area contributed by atoms with Gasteiger partial charge in [-0.25, -0.2) is 0 Å². The van der Waals surface area contributed by atoms with Gasteiger partial charge in [-0.3, -0.25) is 0 Å². The number of nitrogen functional groups attached to an aromatic ring is 1. The van der Waals surface area contributed by atoms with E-state index in [-0.39, 0.29) is 0 Å². The predicted molar refractivity (Wildman–Crippen MR) is 53.8 cm³/mol. The molecule has 72 valence electrons. The minimum Gasteiger partial charge on any atom is -0.367 e. The van der Waals surface area contributed by atoms with Crippen molar-refractivity contribution in [2.45, 2.75) is 12.5 Å². The SMILES string of the molecule is CN1CCC(Nc2nc(N)ns2)C1. The number of nitrogens with one attached hydrogen (secondary N) is 1. The van der Waals surface area contributed by atoms with Gasteiger partial charge in [0.05, 0.1) is 0 Å². The van der Waals surface area contributed by atoms with Crippen LogP contribution in [-0.2, 0) is 0 Å². The lowest BCUT2D eigenvalue weighted by atomic mass is 10.3. The Labute approximate surface area is 81.1 Å². The number of rotatable bonds is 2. The second kappa shape index (κ2) is 3.47. The molecule has 0 spiro atoms. The topological polar surface area (TPSA) is 67.1 Å². The van der Waals surface area contributed by atoms with E-state index in [1.54, 1.807) is 0 Å². The maximum Gasteiger partial charge on any atom is 0.233 e. The molecule has 0 aromatic carbocycles. The monoisotopic (exact) mass is 199 g/mol. The van der Waals surface area contributed by atoms with Gasteiger partial charge in [-0.2, -0.15) is 9.36 Å². The van der Waals surface area contributed by atoms with E-state index in [0.29, 0.717) is 12.0 Å². The Morgan fingerprint density at radius 1 is 1.69 bits per heavy atom. The van der Waals surface area contributed by atoms with Crippen LogP contribution in [0.25, 0.3) is 0 Å². The van der Waals surface area contributed by atoms with Gasteiger partial charge in [-0.1, -0.05) is 0 Å². The third kappa shape index (κ3) is 2.07. The summed E-state index contributed by atoms with van der Waals surface area (Å²) in [5, 5.41) is 4.15. The third-order valence-corrected chi connectivity index (χ3v) is 2.82. The normalized spacial score (nSPS) is 23.6. The second-order valence-electron chi connectivity index (χ2n) is 3.35. The largest absolute Gasteiger partial charge is 0.367 e. The van der Waals surface area contributed by atoms with Gasteiger partial charge >= 0.3 is 0 Å². The Hall–Kier alpha value is -0.880. The average molecular weight is 199 g/mol. The van der Waals surface area contributed by atoms with Gasteiger partial charge in [0.25, 0.3) is 0 Å². The zero-order chi connectivity index (χ0) is 9.26. The van der Waals surface area contributed by atoms with Gasteiger partial charge in [0.15, 0.2) is 0 Å². The van der Waals surface area contributed by atoms with E-state index in [1.807, 2.05) is 0 Å². The molecule has 0 saturated carbocycles. The average Bonchev–Trinajstić information content (AvgIpc) is 2.62. The lowest BCUT2D eigenvalue weighted by Crippen LogP contribution is -2.23. The van der Waals surface area contributed by atoms with Crippen molar-refractivity contribution in [3.63, 3.8) is 0 Å². The molecule has 2 rings (SSSR count). The van der Waals surface area contributed by atoms with E-state index in [0.717, 1.165) is 24.6 Å². The van der Waals surface area contributed by atoms with Gasteiger partial charge in [0, 0.05) is 24.1 Å². The van der Waals surface area contributed by atoms with Crippen molar-refractivity contribution >= 4 is 22.6 Å². The Morgan fingerprint density at radius 2 is 2.54 bits per heavy atom. The summed E-state index contributed by atoms with van der Waals surface area (Å²) in [6.45, 7) is 2.21. The molecule has 5 nitrogen and oxygen atoms in total. The number of likely N-dealkylation sites (tertiary alicyclic amines) is 1. The van der Waals surface area contributed by atoms with E-state index >= 15 is 0 Å². The molecule has 13 heavy (non-hydrogen) atoms. The van der Waals surface area contributed by atoms with Crippen LogP contribution in [0, 0.1) is 0 Å². The number of nitrogens with zero attached hydrogens (tertiary/aromatic N) is 3. The molecule has 0 radical (unpaired) electrons. The van der Waals surface area contributed by atoms with Crippen LogP contribution in [-0.4, -0.2) is 40.4 Å². The number of nitrogens with two attached hydrogens (primary N) is 1. The van der Waals surface area contributed by atoms with Gasteiger partial charge < -0.3 is 16.0 Å². The van der Waals surface area contributed by atoms with Crippen molar-refractivity contribution in [2.24, 2.45) is 0 Å². The predicted octanol–water partition coefficient (Wildman–Crippen LogP) is 0.236. The van der Waals surface area contributed by atoms with Gasteiger partial charge in [0.2, 0.25) is 11.1 Å². The van der Waals surface area contributed by atoms with E-state index in [2.05, 4.69) is 26.6 Å². The standard InChI is InChI=1S/C7H13N5S/c1-12-3-2-5(4-12)9-7-10-6(8)11-13-7/h5H,2-4H2,1H3,(H3,8,9,10,11). The van der Waals surface area contributed by atoms with Gasteiger partial charge in [0.1, 0.15) is 0 Å². The first kappa shape index (κ1) is 8.71. The molecule has 0 amide bonds. The second-order valence-corrected chi connectivity index (χ2v) is 4.10. The lowest BCUT2D eigenvalue weighted by Gasteiger charge is -2.10. The fraction of sp³-hybridized carbons (Fsp3) is 0.714. The molecule has 1 fully saturated rings. The highest BCUT2D eigenvalue weighted by atomic mass is 32.1. The van der Waals surface area contributed by atoms with Crippen molar-refractivity contribution in [3.05, 3.63) is 0 Å². The summed E-state index contributed by atoms with van der Waals surface area (Å²) < 4.78 is 3.91. The molecule has 1 aliphatic heterocycles. The van der Waals surface area contributed by atoms with Crippen LogP contribution in [0.2, 0.25) is 0 Å². The smallest absolute Gasteiger partial charge is 0.233 e. The molecular formula is C7H13N5S. The maximum atomic E-state index is 5.42. The minimum atomic E-state index is 0.360. The Morgan fingerprint density at radius 3 is 3.08 bits per heavy atom. The fourth-order valence-corrected chi connectivity index (χ4v) is 2.10. The summed E-state index contributed by atoms with van der Waals surface area (Å²) in [5.74, 6) is 0.360. The molecule has 1 aliphatic rings. The fourth-order valence-electron chi connectivity index (χ4n) is 1.52. The lowest BCUT2D eigenvalue weighted by molar-refractivity contribution is 0.414. The van der Waals surface area contributed by atoms with E-state index < -0.39 is 0 Å². The summed E-state index contributed by atoms with van der Waals surface area (Å²) in [6, 6.07) is 0.498. The van der Waals surface area contributed by atoms with Crippen molar-refractivity contribution in [2.75, 3.05) is 31.2 Å². The number of likely N-dealkylation sites (N-methyl/N-ethyl adjacent to an activating group) is 1. The zero-order valence-corrected chi connectivity index (χ0v) is 8.34. The molecule has 1 unspecified atom stereocenters. The van der Waals surface area contributed by atoms with E-state index in [1.165, 1.54) is 11.5 Å². The summed E-state index contributed by atoms with van der Waals surface area (Å²) in [7, 11) is 2.12. The number of anilines is 2. The molecular weight excluding hydrogens is 186 g/mol. The molecule has 0 aliphatic carbocycles. The van der Waals surface area contributed by atoms with Crippen molar-refractivity contribution in [1.82, 2.24) is 14.3 Å². The highest BCUT2D eigenvalue weighted by Crippen LogP contribution is 2.17. The van der Waals surface area contributed by atoms with Crippen LogP contribution in [0.15, 0.2) is 0 Å². The molecule has 0 bridgehead atoms. The van der Waals surface area contributed by atoms with Crippen LogP contribution < -0.4 is 11.1 Å². The molecule has 1 aromatic heterocycles. The molecule has 6 heteroatoms. The molecule has 3 N–H and O–H groups in total. The third-order valence-electron chi connectivity index (χ3n) is 2.16. The first-order valence-corrected chi connectivity index (χ1v) is 5.05. The van der Waals surface area contributed by atoms with E-state index in [9.17, 15) is 0 Å². The number of hydrogen-bond donors (Lipinski definition) is 2. The highest BCUT2D eigenvalue weighted by Gasteiger charge is 2.19. The Balaban J connectivity index is 1.91. The quantitative estimate of drug-likeness (QED) is 0.714. The minimum absolute atomic E-state index is 0.360. The Kier molecular flexibility index (Phi) is 2.32. The van der Waals surface area contributed by atoms with E-state index in [4.69, 9.17) is 5.73 Å². The van der Waals surface area contributed by atoms with Crippen molar-refractivity contribution < 1.29 is 0 Å². The maximum absolute atomic E-state index is 5.42. The summed E-state index contributed by atoms with van der Waals surface area (Å²) in [4.78, 5) is 6.35. The summed E-state index contributed by atoms with van der Waals surface area (Å²) >= 11 is 1.32. The van der Waals surface area contributed by atoms with Gasteiger partial charge in [-0.05, 0) is 20.0 Å². The first-order chi connectivity index (χ1) is 6.24. The number of aromatic nitrogens is 2. The van der Waals surface area contributed by atoms with Crippen LogP contribution in [0.4, 0.5) is 11.1 Å². The molecule has 1 saturated heterocycles. The van der Waals surface area contributed by atoms with Gasteiger partial charge in [-0.15, -0.1) is 0 Å². The number of hydrogen-bond acceptors (Lipinski definition) is 6. The van der Waals surface area contributed by atoms with Crippen LogP contribution >= 0.6 is 11.5 Å². The molecule has 1 atom stereocenters. The zero-order valence-electron chi connectivity index (χ0n) is 7.53. The van der Waals surface area contributed by atoms with Crippen LogP contribution in [0.3, 0.4) is 0 Å².